The Morgan fingerprint density at radius 1 is 1.00 bits per heavy atom. The number of hydrogen-bond acceptors (Lipinski definition) is 6. The van der Waals surface area contributed by atoms with E-state index in [4.69, 9.17) is 21.3 Å². The molecule has 1 aliphatic rings. The van der Waals surface area contributed by atoms with E-state index in [1.807, 2.05) is 0 Å². The Morgan fingerprint density at radius 3 is 2.43 bits per heavy atom. The highest BCUT2D eigenvalue weighted by molar-refractivity contribution is 6.01. The Kier molecular flexibility index (Phi) is 8.19. The maximum Gasteiger partial charge on any atom is 0.343 e. The van der Waals surface area contributed by atoms with Gasteiger partial charge in [0.25, 0.3) is 0 Å². The van der Waals surface area contributed by atoms with E-state index in [-0.39, 0.29) is 17.3 Å². The molecule has 0 bridgehead atoms. The number of nitrogens with two attached hydrogens (primary N) is 2. The second-order valence-electron chi connectivity index (χ2n) is 8.37. The predicted molar refractivity (Wildman–Crippen MR) is 127 cm³/mol. The molecule has 0 radical (unpaired) electrons. The summed E-state index contributed by atoms with van der Waals surface area (Å²) in [4.78, 5) is 52.6. The fourth-order valence-corrected chi connectivity index (χ4v) is 4.13. The molecular formula is C25H27N3O7. The average Bonchev–Trinajstić information content (AvgIpc) is 2.80. The van der Waals surface area contributed by atoms with Crippen molar-refractivity contribution in [2.24, 2.45) is 22.4 Å². The molecule has 0 spiro atoms. The van der Waals surface area contributed by atoms with Crippen LogP contribution in [0.15, 0.2) is 41.4 Å². The molecule has 35 heavy (non-hydrogen) atoms. The highest BCUT2D eigenvalue weighted by Crippen LogP contribution is 2.30. The van der Waals surface area contributed by atoms with Crippen molar-refractivity contribution in [2.45, 2.75) is 44.9 Å². The molecule has 1 atom stereocenters. The number of benzene rings is 2. The van der Waals surface area contributed by atoms with E-state index in [1.54, 1.807) is 36.4 Å². The predicted octanol–water partition coefficient (Wildman–Crippen LogP) is 2.83. The minimum absolute atomic E-state index is 0.0937. The van der Waals surface area contributed by atoms with Gasteiger partial charge in [-0.2, -0.15) is 0 Å². The first kappa shape index (κ1) is 25.4. The lowest BCUT2D eigenvalue weighted by molar-refractivity contribution is -0.148. The summed E-state index contributed by atoms with van der Waals surface area (Å²) in [5.74, 6) is -4.99. The second kappa shape index (κ2) is 11.3. The van der Waals surface area contributed by atoms with Crippen molar-refractivity contribution in [1.82, 2.24) is 0 Å². The van der Waals surface area contributed by atoms with Crippen molar-refractivity contribution in [3.63, 3.8) is 0 Å². The third kappa shape index (κ3) is 6.66. The summed E-state index contributed by atoms with van der Waals surface area (Å²) in [6.07, 6.45) is 2.20. The van der Waals surface area contributed by atoms with E-state index in [9.17, 15) is 24.3 Å². The van der Waals surface area contributed by atoms with Gasteiger partial charge >= 0.3 is 17.9 Å². The number of rotatable bonds is 7. The lowest BCUT2D eigenvalue weighted by Gasteiger charge is -2.16. The highest BCUT2D eigenvalue weighted by atomic mass is 16.5. The number of carboxylic acid groups (broad SMARTS) is 2. The van der Waals surface area contributed by atoms with Crippen LogP contribution in [0.25, 0.3) is 0 Å². The number of hydrogen-bond donors (Lipinski definition) is 4. The Morgan fingerprint density at radius 2 is 1.74 bits per heavy atom. The molecule has 0 fully saturated rings. The minimum atomic E-state index is -1.35. The van der Waals surface area contributed by atoms with Crippen LogP contribution < -0.4 is 16.2 Å². The second-order valence-corrected chi connectivity index (χ2v) is 8.37. The molecule has 184 valence electrons. The van der Waals surface area contributed by atoms with E-state index in [0.717, 1.165) is 18.4 Å². The number of esters is 1. The number of ether oxygens (including phenoxy) is 1. The number of ketones is 1. The van der Waals surface area contributed by atoms with Crippen molar-refractivity contribution >= 4 is 35.3 Å². The van der Waals surface area contributed by atoms with E-state index in [0.29, 0.717) is 36.1 Å². The summed E-state index contributed by atoms with van der Waals surface area (Å²) in [7, 11) is 0. The molecule has 1 aliphatic heterocycles. The highest BCUT2D eigenvalue weighted by Gasteiger charge is 2.27. The number of carbonyl (C=O) groups is 4. The number of aryl methyl sites for hydroxylation is 1. The van der Waals surface area contributed by atoms with Gasteiger partial charge in [0.05, 0.1) is 23.6 Å². The average molecular weight is 482 g/mol. The van der Waals surface area contributed by atoms with Gasteiger partial charge in [0, 0.05) is 17.5 Å². The summed E-state index contributed by atoms with van der Waals surface area (Å²) in [6.45, 7) is 0. The maximum absolute atomic E-state index is 13.1. The fraction of sp³-hybridized carbons (Fsp3) is 0.320. The van der Waals surface area contributed by atoms with Crippen LogP contribution in [0.5, 0.6) is 5.75 Å². The Hall–Kier alpha value is -4.21. The molecule has 0 amide bonds. The smallest absolute Gasteiger partial charge is 0.343 e. The molecule has 2 aromatic carbocycles. The molecule has 10 nitrogen and oxygen atoms in total. The molecule has 2 aromatic rings. The number of carboxylic acids is 2. The Balaban J connectivity index is 1.95. The fourth-order valence-electron chi connectivity index (χ4n) is 4.13. The van der Waals surface area contributed by atoms with Gasteiger partial charge < -0.3 is 26.4 Å². The van der Waals surface area contributed by atoms with Gasteiger partial charge in [-0.15, -0.1) is 0 Å². The summed E-state index contributed by atoms with van der Waals surface area (Å²) < 4.78 is 5.70. The van der Waals surface area contributed by atoms with Crippen LogP contribution in [-0.4, -0.2) is 39.9 Å². The molecule has 0 saturated carbocycles. The first-order chi connectivity index (χ1) is 16.7. The number of fused-ring (bicyclic) bond motifs is 2. The van der Waals surface area contributed by atoms with E-state index in [2.05, 4.69) is 4.99 Å². The lowest BCUT2D eigenvalue weighted by atomic mass is 9.91. The topological polar surface area (TPSA) is 182 Å². The molecule has 0 saturated heterocycles. The van der Waals surface area contributed by atoms with Crippen LogP contribution in [0.2, 0.25) is 0 Å². The molecule has 1 heterocycles. The molecule has 0 aromatic heterocycles. The molecule has 6 N–H and O–H groups in total. The van der Waals surface area contributed by atoms with E-state index >= 15 is 0 Å². The number of Topliss-reactive ketones (excluding diaryl/α,β-unsaturated/α-hetero) is 1. The van der Waals surface area contributed by atoms with Gasteiger partial charge in [0.1, 0.15) is 5.75 Å². The van der Waals surface area contributed by atoms with Crippen LogP contribution in [0.3, 0.4) is 0 Å². The van der Waals surface area contributed by atoms with Crippen molar-refractivity contribution in [2.75, 3.05) is 0 Å². The van der Waals surface area contributed by atoms with Gasteiger partial charge in [-0.3, -0.25) is 14.4 Å². The van der Waals surface area contributed by atoms with Crippen LogP contribution in [0, 0.1) is 5.92 Å². The first-order valence-corrected chi connectivity index (χ1v) is 11.2. The van der Waals surface area contributed by atoms with Gasteiger partial charge in [-0.05, 0) is 55.5 Å². The van der Waals surface area contributed by atoms with Gasteiger partial charge in [-0.25, -0.2) is 9.79 Å². The molecule has 10 heteroatoms. The number of guanidine groups is 1. The molecule has 3 rings (SSSR count). The summed E-state index contributed by atoms with van der Waals surface area (Å²) in [5, 5.41) is 18.3. The van der Waals surface area contributed by atoms with Gasteiger partial charge in [0.15, 0.2) is 11.7 Å². The summed E-state index contributed by atoms with van der Waals surface area (Å²) >= 11 is 0. The number of carbonyl (C=O) groups excluding carboxylic acids is 2. The van der Waals surface area contributed by atoms with Crippen LogP contribution in [0.1, 0.15) is 63.9 Å². The zero-order chi connectivity index (χ0) is 25.5. The van der Waals surface area contributed by atoms with Crippen LogP contribution >= 0.6 is 0 Å². The van der Waals surface area contributed by atoms with Crippen LogP contribution in [0.4, 0.5) is 5.69 Å². The number of aliphatic carboxylic acids is 2. The number of aliphatic imine (C=N–C) groups is 1. The zero-order valence-electron chi connectivity index (χ0n) is 19.0. The van der Waals surface area contributed by atoms with Gasteiger partial charge in [-0.1, -0.05) is 18.6 Å². The molecular weight excluding hydrogens is 454 g/mol. The van der Waals surface area contributed by atoms with E-state index < -0.39 is 42.5 Å². The van der Waals surface area contributed by atoms with Crippen LogP contribution in [-0.2, 0) is 22.4 Å². The lowest BCUT2D eigenvalue weighted by Crippen LogP contribution is -2.22. The third-order valence-electron chi connectivity index (χ3n) is 5.78. The van der Waals surface area contributed by atoms with Crippen molar-refractivity contribution in [3.05, 3.63) is 58.7 Å². The third-order valence-corrected chi connectivity index (χ3v) is 5.78. The molecule has 0 unspecified atom stereocenters. The van der Waals surface area contributed by atoms with Crippen molar-refractivity contribution in [1.29, 1.82) is 0 Å². The van der Waals surface area contributed by atoms with E-state index in [1.165, 1.54) is 0 Å². The largest absolute Gasteiger partial charge is 0.481 e. The quantitative estimate of drug-likeness (QED) is 0.152. The monoisotopic (exact) mass is 481 g/mol. The molecule has 0 aliphatic carbocycles. The van der Waals surface area contributed by atoms with Crippen molar-refractivity contribution in [3.8, 4) is 5.75 Å². The summed E-state index contributed by atoms with van der Waals surface area (Å²) in [6, 6.07) is 9.62. The first-order valence-electron chi connectivity index (χ1n) is 11.2. The maximum atomic E-state index is 13.1. The Labute approximate surface area is 201 Å². The standard InChI is InChI=1S/C25H27N3O7/c26-25(27)28-16-9-10-17-14(11-16)5-2-1-3-6-19-18(7-4-8-21(19)35-24(17)34)20(29)12-15(23(32)33)13-22(30)31/h4,7-11,15H,1-3,5-6,12-13H2,(H,30,31)(H,32,33)(H4,26,27,28)/t15-/m0/s1. The Bertz CT molecular complexity index is 1190. The number of nitrogens with zero attached hydrogens (tertiary/aromatic N) is 1. The zero-order valence-corrected chi connectivity index (χ0v) is 19.0. The summed E-state index contributed by atoms with van der Waals surface area (Å²) in [5.41, 5.74) is 13.3. The normalized spacial score (nSPS) is 14.3. The van der Waals surface area contributed by atoms with Gasteiger partial charge in [0.2, 0.25) is 0 Å². The SMILES string of the molecule is NC(N)=Nc1ccc2c(c1)CCCCCc1c(cccc1C(=O)C[C@@H](CC(=O)O)C(=O)O)OC2=O. The minimum Gasteiger partial charge on any atom is -0.481 e. The van der Waals surface area contributed by atoms with Crippen molar-refractivity contribution < 1.29 is 34.1 Å².